The van der Waals surface area contributed by atoms with Gasteiger partial charge in [-0.15, -0.1) is 0 Å². The molecule has 1 heterocycles. The highest BCUT2D eigenvalue weighted by molar-refractivity contribution is 7.99. The minimum absolute atomic E-state index is 0.128. The molecule has 0 radical (unpaired) electrons. The molecule has 3 rings (SSSR count). The van der Waals surface area contributed by atoms with Gasteiger partial charge in [-0.05, 0) is 31.4 Å². The van der Waals surface area contributed by atoms with Gasteiger partial charge in [0, 0.05) is 12.3 Å². The van der Waals surface area contributed by atoms with Gasteiger partial charge in [-0.25, -0.2) is 0 Å². The van der Waals surface area contributed by atoms with Gasteiger partial charge in [0.05, 0.1) is 0 Å². The number of nitrogens with zero attached hydrogens (tertiary/aromatic N) is 1. The fourth-order valence-corrected chi connectivity index (χ4v) is 4.95. The maximum absolute atomic E-state index is 13.2. The topological polar surface area (TPSA) is 49.4 Å². The first-order valence-corrected chi connectivity index (χ1v) is 9.53. The zero-order valence-electron chi connectivity index (χ0n) is 13.0. The van der Waals surface area contributed by atoms with E-state index in [1.807, 2.05) is 16.7 Å². The van der Waals surface area contributed by atoms with E-state index >= 15 is 0 Å². The predicted molar refractivity (Wildman–Crippen MR) is 85.3 cm³/mol. The lowest BCUT2D eigenvalue weighted by Gasteiger charge is -2.50. The number of nitrogens with one attached hydrogen (secondary N) is 1. The number of hydrogen-bond acceptors (Lipinski definition) is 3. The van der Waals surface area contributed by atoms with Crippen molar-refractivity contribution in [3.8, 4) is 0 Å². The molecule has 5 heteroatoms. The lowest BCUT2D eigenvalue weighted by atomic mass is 9.83. The van der Waals surface area contributed by atoms with Crippen LogP contribution in [-0.4, -0.2) is 45.8 Å². The molecule has 2 amide bonds. The molecule has 1 aliphatic heterocycles. The van der Waals surface area contributed by atoms with Crippen molar-refractivity contribution < 1.29 is 9.59 Å². The Morgan fingerprint density at radius 1 is 1.10 bits per heavy atom. The Balaban J connectivity index is 1.87. The van der Waals surface area contributed by atoms with Crippen LogP contribution in [-0.2, 0) is 9.59 Å². The highest BCUT2D eigenvalue weighted by Crippen LogP contribution is 2.43. The van der Waals surface area contributed by atoms with Crippen LogP contribution >= 0.6 is 11.8 Å². The summed E-state index contributed by atoms with van der Waals surface area (Å²) in [6.45, 7) is 2.87. The van der Waals surface area contributed by atoms with E-state index in [-0.39, 0.29) is 11.8 Å². The number of rotatable bonds is 4. The van der Waals surface area contributed by atoms with E-state index < -0.39 is 11.1 Å². The third-order valence-corrected chi connectivity index (χ3v) is 6.38. The molecular weight excluding hydrogens is 284 g/mol. The van der Waals surface area contributed by atoms with Gasteiger partial charge in [0.15, 0.2) is 0 Å². The second kappa shape index (κ2) is 5.82. The van der Waals surface area contributed by atoms with Crippen LogP contribution in [0.2, 0.25) is 0 Å². The number of hydrogen-bond donors (Lipinski definition) is 1. The zero-order valence-corrected chi connectivity index (χ0v) is 13.8. The Morgan fingerprint density at radius 2 is 1.71 bits per heavy atom. The van der Waals surface area contributed by atoms with Gasteiger partial charge < -0.3 is 10.2 Å². The van der Waals surface area contributed by atoms with Crippen molar-refractivity contribution in [2.75, 3.05) is 18.1 Å². The van der Waals surface area contributed by atoms with Crippen molar-refractivity contribution in [3.63, 3.8) is 0 Å². The molecule has 0 aromatic heterocycles. The van der Waals surface area contributed by atoms with Gasteiger partial charge in [-0.3, -0.25) is 9.59 Å². The van der Waals surface area contributed by atoms with Gasteiger partial charge in [0.1, 0.15) is 11.1 Å². The number of thioether (sulfide) groups is 1. The maximum Gasteiger partial charge on any atom is 0.249 e. The summed E-state index contributed by atoms with van der Waals surface area (Å²) in [6.07, 6.45) is 7.56. The van der Waals surface area contributed by atoms with E-state index in [9.17, 15) is 9.59 Å². The van der Waals surface area contributed by atoms with E-state index in [4.69, 9.17) is 0 Å². The Bertz CT molecular complexity index is 426. The largest absolute Gasteiger partial charge is 0.340 e. The number of carbonyl (C=O) groups excluding carboxylic acids is 2. The van der Waals surface area contributed by atoms with E-state index in [0.29, 0.717) is 0 Å². The van der Waals surface area contributed by atoms with Crippen LogP contribution < -0.4 is 5.32 Å². The summed E-state index contributed by atoms with van der Waals surface area (Å²) in [5, 5.41) is 3.16. The number of amides is 2. The minimum atomic E-state index is -0.568. The van der Waals surface area contributed by atoms with E-state index in [0.717, 1.165) is 69.4 Å². The molecule has 2 saturated carbocycles. The van der Waals surface area contributed by atoms with Gasteiger partial charge in [-0.2, -0.15) is 11.8 Å². The monoisotopic (exact) mass is 310 g/mol. The Labute approximate surface area is 131 Å². The first-order chi connectivity index (χ1) is 10.1. The molecule has 2 spiro atoms. The van der Waals surface area contributed by atoms with Crippen molar-refractivity contribution in [2.24, 2.45) is 0 Å². The van der Waals surface area contributed by atoms with Gasteiger partial charge in [-0.1, -0.05) is 32.6 Å². The average molecular weight is 310 g/mol. The van der Waals surface area contributed by atoms with Crippen molar-refractivity contribution in [1.29, 1.82) is 0 Å². The molecule has 1 saturated heterocycles. The summed E-state index contributed by atoms with van der Waals surface area (Å²) in [5.41, 5.74) is -1.10. The minimum Gasteiger partial charge on any atom is -0.340 e. The quantitative estimate of drug-likeness (QED) is 0.811. The Morgan fingerprint density at radius 3 is 2.33 bits per heavy atom. The highest BCUT2D eigenvalue weighted by Gasteiger charge is 2.59. The van der Waals surface area contributed by atoms with E-state index in [2.05, 4.69) is 12.2 Å². The fourth-order valence-electron chi connectivity index (χ4n) is 4.35. The summed E-state index contributed by atoms with van der Waals surface area (Å²) in [4.78, 5) is 28.0. The maximum atomic E-state index is 13.2. The molecule has 0 unspecified atom stereocenters. The number of piperazine rings is 1. The summed E-state index contributed by atoms with van der Waals surface area (Å²) < 4.78 is 0. The van der Waals surface area contributed by atoms with Gasteiger partial charge in [0.25, 0.3) is 0 Å². The van der Waals surface area contributed by atoms with Crippen molar-refractivity contribution in [2.45, 2.75) is 69.4 Å². The lowest BCUT2D eigenvalue weighted by Crippen LogP contribution is -2.74. The van der Waals surface area contributed by atoms with Crippen molar-refractivity contribution in [3.05, 3.63) is 0 Å². The first-order valence-electron chi connectivity index (χ1n) is 8.37. The van der Waals surface area contributed by atoms with Crippen molar-refractivity contribution in [1.82, 2.24) is 10.2 Å². The van der Waals surface area contributed by atoms with Gasteiger partial charge >= 0.3 is 0 Å². The van der Waals surface area contributed by atoms with Crippen LogP contribution in [0.3, 0.4) is 0 Å². The second-order valence-electron chi connectivity index (χ2n) is 6.64. The van der Waals surface area contributed by atoms with Crippen LogP contribution in [0.4, 0.5) is 0 Å². The van der Waals surface area contributed by atoms with Crippen LogP contribution in [0.5, 0.6) is 0 Å². The van der Waals surface area contributed by atoms with Crippen molar-refractivity contribution >= 4 is 23.6 Å². The molecule has 21 heavy (non-hydrogen) atoms. The van der Waals surface area contributed by atoms with E-state index in [1.54, 1.807) is 0 Å². The molecule has 4 nitrogen and oxygen atoms in total. The summed E-state index contributed by atoms with van der Waals surface area (Å²) in [6, 6.07) is 0. The predicted octanol–water partition coefficient (Wildman–Crippen LogP) is 2.32. The fraction of sp³-hybridized carbons (Fsp3) is 0.875. The van der Waals surface area contributed by atoms with E-state index in [1.165, 1.54) is 0 Å². The molecule has 1 N–H and O–H groups in total. The smallest absolute Gasteiger partial charge is 0.249 e. The summed E-state index contributed by atoms with van der Waals surface area (Å²) >= 11 is 1.85. The van der Waals surface area contributed by atoms with Crippen LogP contribution in [0.1, 0.15) is 58.3 Å². The molecule has 3 fully saturated rings. The lowest BCUT2D eigenvalue weighted by molar-refractivity contribution is -0.162. The summed E-state index contributed by atoms with van der Waals surface area (Å²) in [7, 11) is 0. The second-order valence-corrected chi connectivity index (χ2v) is 8.03. The molecular formula is C16H26N2O2S. The van der Waals surface area contributed by atoms with Crippen LogP contribution in [0, 0.1) is 0 Å². The first kappa shape index (κ1) is 15.2. The molecule has 0 aromatic carbocycles. The third-order valence-electron chi connectivity index (χ3n) is 5.50. The normalized spacial score (nSPS) is 26.8. The van der Waals surface area contributed by atoms with Gasteiger partial charge in [0.2, 0.25) is 11.8 Å². The van der Waals surface area contributed by atoms with Crippen LogP contribution in [0.15, 0.2) is 0 Å². The molecule has 0 atom stereocenters. The molecule has 0 aromatic rings. The highest BCUT2D eigenvalue weighted by atomic mass is 32.2. The molecule has 118 valence electrons. The average Bonchev–Trinajstić information content (AvgIpc) is 3.12. The molecule has 0 bridgehead atoms. The molecule has 3 aliphatic rings. The number of carbonyl (C=O) groups is 2. The Hall–Kier alpha value is -0.710. The third kappa shape index (κ3) is 2.37. The Kier molecular flexibility index (Phi) is 4.21. The summed E-state index contributed by atoms with van der Waals surface area (Å²) in [5.74, 6) is 2.33. The standard InChI is InChI=1S/C16H26N2O2S/c1-2-21-12-11-18-14(20)15(7-3-4-8-15)17-13(19)16(18)9-5-6-10-16/h2-12H2,1H3,(H,17,19). The SMILES string of the molecule is CCSCCN1C(=O)C2(CCCC2)NC(=O)C12CCCC2. The van der Waals surface area contributed by atoms with Crippen LogP contribution in [0.25, 0.3) is 0 Å². The molecule has 2 aliphatic carbocycles. The zero-order chi connectivity index (χ0) is 14.9.